The van der Waals surface area contributed by atoms with Gasteiger partial charge in [-0.05, 0) is 24.3 Å². The van der Waals surface area contributed by atoms with Crippen LogP contribution >= 0.6 is 70.6 Å². The molecule has 2 aliphatic heterocycles. The molecule has 0 amide bonds. The molecule has 0 saturated heterocycles. The summed E-state index contributed by atoms with van der Waals surface area (Å²) in [5, 5.41) is 18.4. The maximum atomic E-state index is 9.22. The lowest BCUT2D eigenvalue weighted by Gasteiger charge is -2.04. The van der Waals surface area contributed by atoms with E-state index in [2.05, 4.69) is 26.0 Å². The SMILES string of the molecule is CCCCCSC1=C(SCCCCC)SC(=C2SC(C#N)=C(C#N)S2)S1. The van der Waals surface area contributed by atoms with Crippen molar-refractivity contribution in [2.45, 2.75) is 52.4 Å². The average Bonchev–Trinajstić information content (AvgIpc) is 3.26. The average molecular weight is 459 g/mol. The lowest BCUT2D eigenvalue weighted by Crippen LogP contribution is -1.82. The predicted octanol–water partition coefficient (Wildman–Crippen LogP) is 8.31. The molecule has 0 aromatic heterocycles. The first-order valence-electron chi connectivity index (χ1n) is 8.73. The van der Waals surface area contributed by atoms with Gasteiger partial charge in [-0.3, -0.25) is 0 Å². The van der Waals surface area contributed by atoms with E-state index in [1.165, 1.54) is 86.3 Å². The second kappa shape index (κ2) is 12.7. The smallest absolute Gasteiger partial charge is 0.115 e. The monoisotopic (exact) mass is 458 g/mol. The maximum Gasteiger partial charge on any atom is 0.115 e. The van der Waals surface area contributed by atoms with Gasteiger partial charge in [0.2, 0.25) is 0 Å². The summed E-state index contributed by atoms with van der Waals surface area (Å²) in [6, 6.07) is 4.32. The Morgan fingerprint density at radius 1 is 0.692 bits per heavy atom. The van der Waals surface area contributed by atoms with E-state index in [0.29, 0.717) is 9.81 Å². The van der Waals surface area contributed by atoms with Crippen molar-refractivity contribution in [3.8, 4) is 12.1 Å². The lowest BCUT2D eigenvalue weighted by atomic mass is 10.3. The second-order valence-corrected chi connectivity index (χ2v) is 12.9. The van der Waals surface area contributed by atoms with Crippen molar-refractivity contribution in [1.29, 1.82) is 10.5 Å². The normalized spacial score (nSPS) is 17.2. The molecule has 0 radical (unpaired) electrons. The molecule has 2 heterocycles. The maximum absolute atomic E-state index is 9.22. The standard InChI is InChI=1S/C18H22N2S6/c1-3-5-7-9-21-15-16(22-10-8-6-4-2)26-18(25-15)17-23-13(11-19)14(12-20)24-17/h3-10H2,1-2H3. The van der Waals surface area contributed by atoms with E-state index in [1.54, 1.807) is 0 Å². The zero-order valence-corrected chi connectivity index (χ0v) is 19.9. The summed E-state index contributed by atoms with van der Waals surface area (Å²) < 4.78 is 5.18. The van der Waals surface area contributed by atoms with Crippen molar-refractivity contribution < 1.29 is 0 Å². The minimum atomic E-state index is 0.544. The van der Waals surface area contributed by atoms with E-state index in [9.17, 15) is 10.5 Å². The van der Waals surface area contributed by atoms with Gasteiger partial charge in [-0.1, -0.05) is 86.6 Å². The zero-order chi connectivity index (χ0) is 18.8. The Bertz CT molecular complexity index is 627. The highest BCUT2D eigenvalue weighted by atomic mass is 32.3. The first-order valence-corrected chi connectivity index (χ1v) is 14.0. The molecular weight excluding hydrogens is 437 g/mol. The molecule has 2 rings (SSSR count). The molecule has 2 aliphatic rings. The van der Waals surface area contributed by atoms with E-state index >= 15 is 0 Å². The number of unbranched alkanes of at least 4 members (excludes halogenated alkanes) is 4. The van der Waals surface area contributed by atoms with Crippen LogP contribution in [-0.2, 0) is 0 Å². The van der Waals surface area contributed by atoms with E-state index in [4.69, 9.17) is 0 Å². The summed E-state index contributed by atoms with van der Waals surface area (Å²) in [6.45, 7) is 4.48. The molecule has 0 saturated carbocycles. The number of rotatable bonds is 10. The summed E-state index contributed by atoms with van der Waals surface area (Å²) in [6.07, 6.45) is 7.61. The van der Waals surface area contributed by atoms with Gasteiger partial charge < -0.3 is 0 Å². The summed E-state index contributed by atoms with van der Waals surface area (Å²) >= 11 is 10.6. The molecule has 2 nitrogen and oxygen atoms in total. The first kappa shape index (κ1) is 22.6. The molecule has 0 aromatic rings. The van der Waals surface area contributed by atoms with Gasteiger partial charge in [0.1, 0.15) is 21.9 Å². The Labute approximate surface area is 182 Å². The highest BCUT2D eigenvalue weighted by Crippen LogP contribution is 2.63. The highest BCUT2D eigenvalue weighted by molar-refractivity contribution is 8.42. The number of nitriles is 2. The van der Waals surface area contributed by atoms with Crippen LogP contribution in [0, 0.1) is 22.7 Å². The molecule has 0 aromatic carbocycles. The number of thioether (sulfide) groups is 6. The third-order valence-electron chi connectivity index (χ3n) is 3.47. The van der Waals surface area contributed by atoms with Crippen molar-refractivity contribution >= 4 is 70.6 Å². The minimum absolute atomic E-state index is 0.544. The van der Waals surface area contributed by atoms with Crippen LogP contribution in [0.3, 0.4) is 0 Å². The molecule has 0 atom stereocenters. The lowest BCUT2D eigenvalue weighted by molar-refractivity contribution is 0.779. The van der Waals surface area contributed by atoms with Gasteiger partial charge in [-0.15, -0.1) is 23.5 Å². The Morgan fingerprint density at radius 2 is 1.12 bits per heavy atom. The fourth-order valence-corrected chi connectivity index (χ4v) is 10.6. The van der Waals surface area contributed by atoms with Crippen molar-refractivity contribution in [3.05, 3.63) is 26.8 Å². The van der Waals surface area contributed by atoms with E-state index in [-0.39, 0.29) is 0 Å². The molecule has 0 bridgehead atoms. The van der Waals surface area contributed by atoms with Crippen LogP contribution in [-0.4, -0.2) is 11.5 Å². The molecule has 0 aliphatic carbocycles. The van der Waals surface area contributed by atoms with Crippen molar-refractivity contribution in [3.63, 3.8) is 0 Å². The van der Waals surface area contributed by atoms with Crippen LogP contribution in [0.2, 0.25) is 0 Å². The molecule has 0 fully saturated rings. The summed E-state index contributed by atoms with van der Waals surface area (Å²) in [4.78, 5) is 1.09. The molecule has 0 spiro atoms. The van der Waals surface area contributed by atoms with Crippen molar-refractivity contribution in [1.82, 2.24) is 0 Å². The number of hydrogen-bond donors (Lipinski definition) is 0. The van der Waals surface area contributed by atoms with Gasteiger partial charge in [-0.25, -0.2) is 0 Å². The molecule has 0 unspecified atom stereocenters. The van der Waals surface area contributed by atoms with Crippen LogP contribution in [0.25, 0.3) is 0 Å². The van der Waals surface area contributed by atoms with Crippen LogP contribution < -0.4 is 0 Å². The molecule has 8 heteroatoms. The zero-order valence-electron chi connectivity index (χ0n) is 15.0. The van der Waals surface area contributed by atoms with E-state index in [0.717, 1.165) is 4.24 Å². The molecular formula is C18H22N2S6. The second-order valence-electron chi connectivity index (χ2n) is 5.55. The highest BCUT2D eigenvalue weighted by Gasteiger charge is 2.30. The fraction of sp³-hybridized carbons (Fsp3) is 0.556. The van der Waals surface area contributed by atoms with E-state index < -0.39 is 0 Å². The Kier molecular flexibility index (Phi) is 11.0. The van der Waals surface area contributed by atoms with Crippen molar-refractivity contribution in [2.24, 2.45) is 0 Å². The largest absolute Gasteiger partial charge is 0.192 e. The summed E-state index contributed by atoms with van der Waals surface area (Å²) in [5.41, 5.74) is 0. The first-order chi connectivity index (χ1) is 12.7. The molecule has 0 N–H and O–H groups in total. The minimum Gasteiger partial charge on any atom is -0.192 e. The Morgan fingerprint density at radius 3 is 1.50 bits per heavy atom. The van der Waals surface area contributed by atoms with Gasteiger partial charge in [-0.2, -0.15) is 10.5 Å². The summed E-state index contributed by atoms with van der Waals surface area (Å²) in [7, 11) is 0. The predicted molar refractivity (Wildman–Crippen MR) is 127 cm³/mol. The molecule has 140 valence electrons. The topological polar surface area (TPSA) is 47.6 Å². The fourth-order valence-electron chi connectivity index (χ4n) is 2.10. The van der Waals surface area contributed by atoms with Gasteiger partial charge >= 0.3 is 0 Å². The van der Waals surface area contributed by atoms with Crippen LogP contribution in [0.4, 0.5) is 0 Å². The third-order valence-corrected chi connectivity index (χ3v) is 12.1. The molecule has 26 heavy (non-hydrogen) atoms. The van der Waals surface area contributed by atoms with Gasteiger partial charge in [0.15, 0.2) is 0 Å². The Balaban J connectivity index is 2.02. The summed E-state index contributed by atoms with van der Waals surface area (Å²) in [5.74, 6) is 2.34. The van der Waals surface area contributed by atoms with Crippen LogP contribution in [0.15, 0.2) is 26.8 Å². The van der Waals surface area contributed by atoms with Gasteiger partial charge in [0.25, 0.3) is 0 Å². The third kappa shape index (κ3) is 6.72. The van der Waals surface area contributed by atoms with Crippen LogP contribution in [0.5, 0.6) is 0 Å². The van der Waals surface area contributed by atoms with Crippen LogP contribution in [0.1, 0.15) is 52.4 Å². The van der Waals surface area contributed by atoms with Gasteiger partial charge in [0.05, 0.1) is 16.9 Å². The Hall–Kier alpha value is 0.300. The number of nitrogens with zero attached hydrogens (tertiary/aromatic N) is 2. The quantitative estimate of drug-likeness (QED) is 0.303. The number of allylic oxidation sites excluding steroid dienone is 2. The van der Waals surface area contributed by atoms with Gasteiger partial charge in [0, 0.05) is 0 Å². The number of hydrogen-bond acceptors (Lipinski definition) is 8. The van der Waals surface area contributed by atoms with Crippen molar-refractivity contribution in [2.75, 3.05) is 11.5 Å². The van der Waals surface area contributed by atoms with E-state index in [1.807, 2.05) is 47.0 Å².